The number of fused-ring (bicyclic) bond motifs is 1. The summed E-state index contributed by atoms with van der Waals surface area (Å²) in [7, 11) is 4.23. The number of benzene rings is 1. The molecule has 0 aliphatic carbocycles. The van der Waals surface area contributed by atoms with Crippen LogP contribution in [0.1, 0.15) is 18.9 Å². The summed E-state index contributed by atoms with van der Waals surface area (Å²) >= 11 is 0. The monoisotopic (exact) mass is 286 g/mol. The second-order valence-corrected chi connectivity index (χ2v) is 5.75. The van der Waals surface area contributed by atoms with Crippen molar-refractivity contribution < 1.29 is 0 Å². The van der Waals surface area contributed by atoms with Crippen LogP contribution in [0.4, 0.5) is 5.82 Å². The Hall–Kier alpha value is -1.65. The van der Waals surface area contributed by atoms with E-state index in [1.807, 2.05) is 18.2 Å². The third-order valence-corrected chi connectivity index (χ3v) is 3.76. The molecule has 1 aromatic carbocycles. The minimum Gasteiger partial charge on any atom is -0.383 e. The van der Waals surface area contributed by atoms with Crippen molar-refractivity contribution in [3.63, 3.8) is 0 Å². The lowest BCUT2D eigenvalue weighted by Gasteiger charge is -2.22. The van der Waals surface area contributed by atoms with Crippen LogP contribution in [0.25, 0.3) is 10.9 Å². The molecule has 0 spiro atoms. The van der Waals surface area contributed by atoms with Crippen molar-refractivity contribution in [1.29, 1.82) is 0 Å². The van der Waals surface area contributed by atoms with Crippen LogP contribution < -0.4 is 5.73 Å². The summed E-state index contributed by atoms with van der Waals surface area (Å²) in [4.78, 5) is 9.16. The largest absolute Gasteiger partial charge is 0.383 e. The molecule has 2 aromatic rings. The minimum atomic E-state index is 0.653. The molecule has 1 heterocycles. The fourth-order valence-electron chi connectivity index (χ4n) is 2.50. The number of para-hydroxylation sites is 1. The number of nitrogen functional groups attached to an aromatic ring is 1. The van der Waals surface area contributed by atoms with E-state index in [0.29, 0.717) is 5.82 Å². The van der Waals surface area contributed by atoms with E-state index in [4.69, 9.17) is 5.73 Å². The van der Waals surface area contributed by atoms with E-state index in [2.05, 4.69) is 47.9 Å². The van der Waals surface area contributed by atoms with Crippen LogP contribution in [-0.4, -0.2) is 48.5 Å². The predicted octanol–water partition coefficient (Wildman–Crippen LogP) is 2.59. The molecule has 4 nitrogen and oxygen atoms in total. The fraction of sp³-hybridized carbons (Fsp3) is 0.471. The Bertz CT molecular complexity index is 580. The summed E-state index contributed by atoms with van der Waals surface area (Å²) in [5, 5.41) is 1.16. The van der Waals surface area contributed by atoms with Gasteiger partial charge < -0.3 is 10.6 Å². The van der Waals surface area contributed by atoms with Crippen molar-refractivity contribution in [2.24, 2.45) is 0 Å². The Morgan fingerprint density at radius 2 is 1.90 bits per heavy atom. The Kier molecular flexibility index (Phi) is 5.53. The topological polar surface area (TPSA) is 45.4 Å². The molecule has 0 saturated carbocycles. The average molecular weight is 286 g/mol. The Morgan fingerprint density at radius 1 is 1.14 bits per heavy atom. The summed E-state index contributed by atoms with van der Waals surface area (Å²) in [6, 6.07) is 10.3. The summed E-state index contributed by atoms with van der Waals surface area (Å²) in [6.45, 7) is 6.29. The van der Waals surface area contributed by atoms with Crippen LogP contribution in [0, 0.1) is 0 Å². The molecular formula is C17H26N4. The molecule has 0 aliphatic rings. The van der Waals surface area contributed by atoms with Crippen LogP contribution in [-0.2, 0) is 6.54 Å². The number of nitrogens with two attached hydrogens (primary N) is 1. The van der Waals surface area contributed by atoms with E-state index < -0.39 is 0 Å². The molecule has 0 unspecified atom stereocenters. The molecule has 0 atom stereocenters. The lowest BCUT2D eigenvalue weighted by atomic mass is 10.1. The number of aromatic nitrogens is 1. The molecule has 0 amide bonds. The molecule has 21 heavy (non-hydrogen) atoms. The zero-order valence-corrected chi connectivity index (χ0v) is 13.3. The van der Waals surface area contributed by atoms with Gasteiger partial charge in [-0.15, -0.1) is 0 Å². The summed E-state index contributed by atoms with van der Waals surface area (Å²) in [6.07, 6.45) is 1.17. The number of hydrogen-bond acceptors (Lipinski definition) is 4. The van der Waals surface area contributed by atoms with Gasteiger partial charge in [-0.3, -0.25) is 4.90 Å². The second kappa shape index (κ2) is 7.38. The molecular weight excluding hydrogens is 260 g/mol. The van der Waals surface area contributed by atoms with Gasteiger partial charge in [0.05, 0.1) is 5.52 Å². The second-order valence-electron chi connectivity index (χ2n) is 5.75. The minimum absolute atomic E-state index is 0.653. The number of rotatable bonds is 7. The normalized spacial score (nSPS) is 11.7. The quantitative estimate of drug-likeness (QED) is 0.850. The van der Waals surface area contributed by atoms with Gasteiger partial charge in [-0.2, -0.15) is 0 Å². The number of nitrogens with zero attached hydrogens (tertiary/aromatic N) is 3. The lowest BCUT2D eigenvalue weighted by molar-refractivity contribution is 0.259. The number of hydrogen-bond donors (Lipinski definition) is 1. The first kappa shape index (κ1) is 15.7. The van der Waals surface area contributed by atoms with Gasteiger partial charge in [0.2, 0.25) is 0 Å². The van der Waals surface area contributed by atoms with Crippen LogP contribution in [0.2, 0.25) is 0 Å². The summed E-state index contributed by atoms with van der Waals surface area (Å²) in [5.41, 5.74) is 8.21. The van der Waals surface area contributed by atoms with Gasteiger partial charge in [0.15, 0.2) is 0 Å². The molecule has 2 N–H and O–H groups in total. The van der Waals surface area contributed by atoms with E-state index in [9.17, 15) is 0 Å². The average Bonchev–Trinajstić information content (AvgIpc) is 2.46. The van der Waals surface area contributed by atoms with Crippen LogP contribution in [0.5, 0.6) is 0 Å². The van der Waals surface area contributed by atoms with E-state index in [1.165, 1.54) is 6.42 Å². The smallest absolute Gasteiger partial charge is 0.128 e. The first-order chi connectivity index (χ1) is 10.1. The highest BCUT2D eigenvalue weighted by Crippen LogP contribution is 2.19. The van der Waals surface area contributed by atoms with E-state index in [-0.39, 0.29) is 0 Å². The van der Waals surface area contributed by atoms with Gasteiger partial charge in [0, 0.05) is 17.5 Å². The summed E-state index contributed by atoms with van der Waals surface area (Å²) < 4.78 is 0. The molecule has 114 valence electrons. The van der Waals surface area contributed by atoms with Crippen LogP contribution in [0.3, 0.4) is 0 Å². The van der Waals surface area contributed by atoms with Crippen LogP contribution >= 0.6 is 0 Å². The van der Waals surface area contributed by atoms with Crippen molar-refractivity contribution in [1.82, 2.24) is 14.8 Å². The van der Waals surface area contributed by atoms with Crippen molar-refractivity contribution in [3.8, 4) is 0 Å². The van der Waals surface area contributed by atoms with Gasteiger partial charge in [0.25, 0.3) is 0 Å². The van der Waals surface area contributed by atoms with E-state index >= 15 is 0 Å². The highest BCUT2D eigenvalue weighted by molar-refractivity contribution is 5.81. The van der Waals surface area contributed by atoms with Crippen molar-refractivity contribution >= 4 is 16.7 Å². The maximum absolute atomic E-state index is 6.12. The zero-order chi connectivity index (χ0) is 15.2. The molecule has 0 radical (unpaired) electrons. The molecule has 0 saturated heterocycles. The standard InChI is InChI=1S/C17H26N4/c1-4-21(11-7-10-20(2)3)13-15-12-14-8-5-6-9-16(14)19-17(15)18/h5-6,8-9,12H,4,7,10-11,13H2,1-3H3,(H2,18,19). The first-order valence-corrected chi connectivity index (χ1v) is 7.61. The first-order valence-electron chi connectivity index (χ1n) is 7.61. The van der Waals surface area contributed by atoms with Gasteiger partial charge in [-0.1, -0.05) is 25.1 Å². The van der Waals surface area contributed by atoms with Gasteiger partial charge >= 0.3 is 0 Å². The Labute approximate surface area is 127 Å². The fourth-order valence-corrected chi connectivity index (χ4v) is 2.50. The van der Waals surface area contributed by atoms with E-state index in [0.717, 1.165) is 42.6 Å². The van der Waals surface area contributed by atoms with E-state index in [1.54, 1.807) is 0 Å². The maximum atomic E-state index is 6.12. The predicted molar refractivity (Wildman–Crippen MR) is 90.3 cm³/mol. The Balaban J connectivity index is 2.08. The zero-order valence-electron chi connectivity index (χ0n) is 13.3. The molecule has 0 fully saturated rings. The van der Waals surface area contributed by atoms with Crippen molar-refractivity contribution in [2.45, 2.75) is 19.9 Å². The van der Waals surface area contributed by atoms with Crippen molar-refractivity contribution in [2.75, 3.05) is 39.5 Å². The lowest BCUT2D eigenvalue weighted by Crippen LogP contribution is -2.27. The molecule has 4 heteroatoms. The highest BCUT2D eigenvalue weighted by atomic mass is 15.1. The highest BCUT2D eigenvalue weighted by Gasteiger charge is 2.09. The SMILES string of the molecule is CCN(CCCN(C)C)Cc1cc2ccccc2nc1N. The van der Waals surface area contributed by atoms with Crippen LogP contribution in [0.15, 0.2) is 30.3 Å². The van der Waals surface area contributed by atoms with Gasteiger partial charge in [-0.05, 0) is 52.3 Å². The van der Waals surface area contributed by atoms with Crippen molar-refractivity contribution in [3.05, 3.63) is 35.9 Å². The van der Waals surface area contributed by atoms with Gasteiger partial charge in [-0.25, -0.2) is 4.98 Å². The Morgan fingerprint density at radius 3 is 2.62 bits per heavy atom. The number of anilines is 1. The molecule has 0 bridgehead atoms. The third kappa shape index (κ3) is 4.41. The maximum Gasteiger partial charge on any atom is 0.128 e. The molecule has 2 rings (SSSR count). The number of pyridine rings is 1. The summed E-state index contributed by atoms with van der Waals surface area (Å²) in [5.74, 6) is 0.653. The molecule has 1 aromatic heterocycles. The third-order valence-electron chi connectivity index (χ3n) is 3.76. The van der Waals surface area contributed by atoms with Gasteiger partial charge in [0.1, 0.15) is 5.82 Å². The molecule has 0 aliphatic heterocycles.